The van der Waals surface area contributed by atoms with Gasteiger partial charge in [-0.2, -0.15) is 74.6 Å². The SMILES string of the molecule is C[SiH](C)O[Si](C)(CCC(F)(F)C(F)(F)C(F)(F)C(F)(F)C(F)(F)C(F)(F)C(F)(F)C(F)(F)F)O[SiH](C)C. The van der Waals surface area contributed by atoms with Gasteiger partial charge in [0.2, 0.25) is 0 Å². The fourth-order valence-electron chi connectivity index (χ4n) is 2.88. The fourth-order valence-corrected chi connectivity index (χ4v) is 13.3. The van der Waals surface area contributed by atoms with Crippen LogP contribution in [-0.2, 0) is 8.23 Å². The summed E-state index contributed by atoms with van der Waals surface area (Å²) in [4.78, 5) is 0. The van der Waals surface area contributed by atoms with Crippen LogP contribution in [0.5, 0.6) is 0 Å². The molecular formula is C15H21F17O2Si3. The number of rotatable bonds is 13. The first-order chi connectivity index (χ1) is 15.8. The third kappa shape index (κ3) is 6.26. The van der Waals surface area contributed by atoms with Gasteiger partial charge >= 0.3 is 56.2 Å². The summed E-state index contributed by atoms with van der Waals surface area (Å²) in [5.74, 6) is -56.2. The molecule has 0 aromatic heterocycles. The quantitative estimate of drug-likeness (QED) is 0.154. The second-order valence-corrected chi connectivity index (χ2v) is 17.5. The molecule has 0 saturated carbocycles. The molecule has 0 heterocycles. The monoisotopic (exact) mass is 640 g/mol. The Morgan fingerprint density at radius 3 is 1.03 bits per heavy atom. The molecule has 0 unspecified atom stereocenters. The molecule has 2 nitrogen and oxygen atoms in total. The van der Waals surface area contributed by atoms with Crippen LogP contribution in [0.1, 0.15) is 6.42 Å². The van der Waals surface area contributed by atoms with Gasteiger partial charge in [-0.25, -0.2) is 0 Å². The zero-order chi connectivity index (χ0) is 30.5. The van der Waals surface area contributed by atoms with Gasteiger partial charge in [-0.3, -0.25) is 0 Å². The Balaban J connectivity index is 6.53. The molecule has 0 rings (SSSR count). The minimum atomic E-state index is -8.62. The summed E-state index contributed by atoms with van der Waals surface area (Å²) in [6.07, 6.45) is -10.3. The van der Waals surface area contributed by atoms with Crippen molar-refractivity contribution in [3.63, 3.8) is 0 Å². The zero-order valence-electron chi connectivity index (χ0n) is 19.3. The summed E-state index contributed by atoms with van der Waals surface area (Å²) >= 11 is 0. The third-order valence-corrected chi connectivity index (χ3v) is 13.6. The van der Waals surface area contributed by atoms with Gasteiger partial charge in [0.25, 0.3) is 0 Å². The van der Waals surface area contributed by atoms with Crippen molar-refractivity contribution in [1.29, 1.82) is 0 Å². The van der Waals surface area contributed by atoms with Gasteiger partial charge in [-0.1, -0.05) is 0 Å². The second-order valence-electron chi connectivity index (χ2n) is 8.62. The molecule has 22 heteroatoms. The molecule has 0 aliphatic rings. The molecule has 0 aliphatic heterocycles. The molecule has 0 fully saturated rings. The van der Waals surface area contributed by atoms with Crippen molar-refractivity contribution in [1.82, 2.24) is 0 Å². The predicted octanol–water partition coefficient (Wildman–Crippen LogP) is 7.46. The Labute approximate surface area is 203 Å². The number of halogens is 17. The molecule has 37 heavy (non-hydrogen) atoms. The number of alkyl halides is 17. The number of hydrogen-bond acceptors (Lipinski definition) is 2. The van der Waals surface area contributed by atoms with E-state index in [4.69, 9.17) is 8.23 Å². The van der Waals surface area contributed by atoms with Crippen molar-refractivity contribution in [3.05, 3.63) is 0 Å². The van der Waals surface area contributed by atoms with E-state index in [0.29, 0.717) is 0 Å². The average molecular weight is 641 g/mol. The van der Waals surface area contributed by atoms with E-state index in [0.717, 1.165) is 6.55 Å². The van der Waals surface area contributed by atoms with Crippen LogP contribution >= 0.6 is 0 Å². The summed E-state index contributed by atoms with van der Waals surface area (Å²) in [6.45, 7) is 6.78. The minimum Gasteiger partial charge on any atom is -0.439 e. The molecule has 0 amide bonds. The fraction of sp³-hybridized carbons (Fsp3) is 1.00. The lowest BCUT2D eigenvalue weighted by atomic mass is 9.88. The summed E-state index contributed by atoms with van der Waals surface area (Å²) in [5, 5.41) is 0. The van der Waals surface area contributed by atoms with E-state index in [1.807, 2.05) is 0 Å². The van der Waals surface area contributed by atoms with Crippen LogP contribution in [0, 0.1) is 0 Å². The molecular weight excluding hydrogens is 619 g/mol. The van der Waals surface area contributed by atoms with Crippen molar-refractivity contribution < 1.29 is 82.9 Å². The molecule has 0 N–H and O–H groups in total. The minimum absolute atomic E-state index is 1.02. The normalized spacial score (nSPS) is 16.2. The van der Waals surface area contributed by atoms with Gasteiger partial charge in [0, 0.05) is 6.42 Å². The molecule has 224 valence electrons. The highest BCUT2D eigenvalue weighted by Gasteiger charge is 2.95. The van der Waals surface area contributed by atoms with Gasteiger partial charge in [0.15, 0.2) is 18.1 Å². The van der Waals surface area contributed by atoms with Crippen molar-refractivity contribution in [2.75, 3.05) is 0 Å². The topological polar surface area (TPSA) is 18.5 Å². The van der Waals surface area contributed by atoms with Crippen molar-refractivity contribution >= 4 is 26.6 Å². The highest BCUT2D eigenvalue weighted by Crippen LogP contribution is 2.64. The molecule has 0 bridgehead atoms. The van der Waals surface area contributed by atoms with Gasteiger partial charge in [-0.05, 0) is 38.8 Å². The maximum atomic E-state index is 14.2. The lowest BCUT2D eigenvalue weighted by molar-refractivity contribution is -0.461. The van der Waals surface area contributed by atoms with E-state index in [9.17, 15) is 74.6 Å². The second kappa shape index (κ2) is 10.4. The van der Waals surface area contributed by atoms with Crippen LogP contribution in [-0.4, -0.2) is 74.3 Å². The van der Waals surface area contributed by atoms with Crippen molar-refractivity contribution in [3.8, 4) is 0 Å². The Bertz CT molecular complexity index is 772. The summed E-state index contributed by atoms with van der Waals surface area (Å²) < 4.78 is 238. The summed E-state index contributed by atoms with van der Waals surface area (Å²) in [6, 6.07) is -1.33. The lowest BCUT2D eigenvalue weighted by Gasteiger charge is -2.43. The van der Waals surface area contributed by atoms with E-state index in [1.165, 1.54) is 26.2 Å². The average Bonchev–Trinajstić information content (AvgIpc) is 2.63. The van der Waals surface area contributed by atoms with Gasteiger partial charge in [-0.15, -0.1) is 0 Å². The Hall–Kier alpha value is -0.619. The largest absolute Gasteiger partial charge is 0.460 e. The van der Waals surface area contributed by atoms with Crippen LogP contribution in [0.25, 0.3) is 0 Å². The van der Waals surface area contributed by atoms with Crippen molar-refractivity contribution in [2.24, 2.45) is 0 Å². The molecule has 0 saturated heterocycles. The molecule has 0 aliphatic carbocycles. The Kier molecular flexibility index (Phi) is 10.2. The van der Waals surface area contributed by atoms with Gasteiger partial charge in [0.05, 0.1) is 0 Å². The van der Waals surface area contributed by atoms with Crippen LogP contribution in [0.2, 0.25) is 38.8 Å². The standard InChI is InChI=1S/C15H21F17O2Si3/c1-35(2)33-37(5,34-36(3)4)7-6-8(16,17)9(18,19)10(20,21)11(22,23)12(24,25)13(26,27)14(28,29)15(30,31)32/h35-36H,6-7H2,1-5H3. The summed E-state index contributed by atoms with van der Waals surface area (Å²) in [7, 11) is -8.30. The van der Waals surface area contributed by atoms with E-state index in [2.05, 4.69) is 0 Å². The van der Waals surface area contributed by atoms with Crippen molar-refractivity contribution in [2.45, 2.75) is 92.8 Å². The Morgan fingerprint density at radius 2 is 0.757 bits per heavy atom. The third-order valence-electron chi connectivity index (χ3n) is 4.65. The summed E-state index contributed by atoms with van der Waals surface area (Å²) in [5.41, 5.74) is 0. The van der Waals surface area contributed by atoms with Crippen LogP contribution in [0.4, 0.5) is 74.6 Å². The molecule has 0 atom stereocenters. The predicted molar refractivity (Wildman–Crippen MR) is 102 cm³/mol. The first-order valence-corrected chi connectivity index (χ1v) is 17.9. The molecule has 0 radical (unpaired) electrons. The lowest BCUT2D eigenvalue weighted by Crippen LogP contribution is -2.74. The van der Waals surface area contributed by atoms with Crippen LogP contribution in [0.3, 0.4) is 0 Å². The molecule has 0 aromatic carbocycles. The van der Waals surface area contributed by atoms with Crippen LogP contribution < -0.4 is 0 Å². The van der Waals surface area contributed by atoms with E-state index < -0.39 is 86.7 Å². The van der Waals surface area contributed by atoms with Gasteiger partial charge in [0.1, 0.15) is 0 Å². The zero-order valence-corrected chi connectivity index (χ0v) is 22.6. The van der Waals surface area contributed by atoms with E-state index in [-0.39, 0.29) is 0 Å². The first-order valence-electron chi connectivity index (χ1n) is 9.86. The van der Waals surface area contributed by atoms with Gasteiger partial charge < -0.3 is 8.23 Å². The first kappa shape index (κ1) is 36.4. The highest BCUT2D eigenvalue weighted by molar-refractivity contribution is 6.79. The number of hydrogen-bond donors (Lipinski definition) is 0. The van der Waals surface area contributed by atoms with E-state index in [1.54, 1.807) is 0 Å². The highest BCUT2D eigenvalue weighted by atomic mass is 28.5. The van der Waals surface area contributed by atoms with Crippen LogP contribution in [0.15, 0.2) is 0 Å². The van der Waals surface area contributed by atoms with E-state index >= 15 is 0 Å². The molecule has 0 aromatic rings. The molecule has 0 spiro atoms. The smallest absolute Gasteiger partial charge is 0.439 e. The maximum absolute atomic E-state index is 14.2. The maximum Gasteiger partial charge on any atom is 0.460 e. The Morgan fingerprint density at radius 1 is 0.486 bits per heavy atom.